The number of aromatic hydroxyl groups is 1. The summed E-state index contributed by atoms with van der Waals surface area (Å²) in [7, 11) is 0. The van der Waals surface area contributed by atoms with Crippen molar-refractivity contribution in [2.45, 2.75) is 31.8 Å². The fourth-order valence-corrected chi connectivity index (χ4v) is 4.71. The van der Waals surface area contributed by atoms with E-state index in [0.29, 0.717) is 23.2 Å². The number of phenolic OH excluding ortho intramolecular Hbond substituents is 1. The summed E-state index contributed by atoms with van der Waals surface area (Å²) in [6, 6.07) is 26.2. The molecule has 5 nitrogen and oxygen atoms in total. The van der Waals surface area contributed by atoms with Gasteiger partial charge in [0.1, 0.15) is 11.9 Å². The van der Waals surface area contributed by atoms with Crippen molar-refractivity contribution in [1.29, 1.82) is 0 Å². The molecule has 1 aliphatic rings. The highest BCUT2D eigenvalue weighted by Gasteiger charge is 2.21. The summed E-state index contributed by atoms with van der Waals surface area (Å²) in [6.45, 7) is 0. The highest BCUT2D eigenvalue weighted by molar-refractivity contribution is 6.13. The first kappa shape index (κ1) is 19.7. The van der Waals surface area contributed by atoms with Gasteiger partial charge in [-0.15, -0.1) is 0 Å². The van der Waals surface area contributed by atoms with Gasteiger partial charge in [-0.25, -0.2) is 4.98 Å². The van der Waals surface area contributed by atoms with E-state index >= 15 is 0 Å². The Balaban J connectivity index is 1.59. The van der Waals surface area contributed by atoms with Crippen LogP contribution in [0.25, 0.3) is 44.3 Å². The number of benzene rings is 4. The summed E-state index contributed by atoms with van der Waals surface area (Å²) < 4.78 is 6.20. The van der Waals surface area contributed by atoms with Crippen LogP contribution in [-0.2, 0) is 0 Å². The van der Waals surface area contributed by atoms with E-state index in [9.17, 15) is 5.11 Å². The van der Waals surface area contributed by atoms with Crippen molar-refractivity contribution in [2.75, 3.05) is 0 Å². The molecule has 1 aliphatic carbocycles. The summed E-state index contributed by atoms with van der Waals surface area (Å²) in [5.41, 5.74) is 1.47. The molecule has 5 aromatic rings. The molecule has 33 heavy (non-hydrogen) atoms. The smallest absolute Gasteiger partial charge is 0.320 e. The number of hydrogen-bond donors (Lipinski definition) is 1. The molecule has 1 fully saturated rings. The van der Waals surface area contributed by atoms with E-state index in [4.69, 9.17) is 14.7 Å². The minimum atomic E-state index is 0.116. The maximum absolute atomic E-state index is 10.5. The molecule has 4 aromatic carbocycles. The van der Waals surface area contributed by atoms with Gasteiger partial charge < -0.3 is 9.84 Å². The summed E-state index contributed by atoms with van der Waals surface area (Å²) >= 11 is 0. The standard InChI is InChI=1S/C28H23N3O2/c32-25-16-8-7-15-23(25)26-29-27(31-28(30-26)33-19-10-2-3-11-19)24-17-18-9-1-4-12-20(18)21-13-5-6-14-22(21)24/h1,4-9,12-17,19,32H,2-3,10-11H2. The summed E-state index contributed by atoms with van der Waals surface area (Å²) in [6.07, 6.45) is 4.44. The zero-order chi connectivity index (χ0) is 22.2. The Morgan fingerprint density at radius 3 is 2.09 bits per heavy atom. The van der Waals surface area contributed by atoms with Gasteiger partial charge in [-0.05, 0) is 65.4 Å². The Morgan fingerprint density at radius 1 is 0.667 bits per heavy atom. The molecule has 162 valence electrons. The summed E-state index contributed by atoms with van der Waals surface area (Å²) in [5, 5.41) is 15.0. The molecule has 0 bridgehead atoms. The predicted octanol–water partition coefficient (Wildman–Crippen LogP) is 6.54. The third-order valence-electron chi connectivity index (χ3n) is 6.34. The second-order valence-electron chi connectivity index (χ2n) is 8.50. The lowest BCUT2D eigenvalue weighted by molar-refractivity contribution is 0.192. The van der Waals surface area contributed by atoms with Crippen molar-refractivity contribution in [3.63, 3.8) is 0 Å². The van der Waals surface area contributed by atoms with Crippen molar-refractivity contribution >= 4 is 21.5 Å². The van der Waals surface area contributed by atoms with Crippen molar-refractivity contribution in [2.24, 2.45) is 0 Å². The molecular formula is C28H23N3O2. The number of rotatable bonds is 4. The van der Waals surface area contributed by atoms with Crippen molar-refractivity contribution in [3.05, 3.63) is 78.9 Å². The third-order valence-corrected chi connectivity index (χ3v) is 6.34. The Hall–Kier alpha value is -3.99. The van der Waals surface area contributed by atoms with Crippen molar-refractivity contribution in [1.82, 2.24) is 15.0 Å². The number of nitrogens with zero attached hydrogens (tertiary/aromatic N) is 3. The molecule has 0 unspecified atom stereocenters. The fourth-order valence-electron chi connectivity index (χ4n) is 4.71. The molecule has 5 heteroatoms. The SMILES string of the molecule is Oc1ccccc1-c1nc(OC2CCCC2)nc(-c2cc3ccccc3c3ccccc23)n1. The van der Waals surface area contributed by atoms with E-state index in [1.807, 2.05) is 30.3 Å². The normalized spacial score (nSPS) is 14.2. The first-order valence-electron chi connectivity index (χ1n) is 11.4. The number of para-hydroxylation sites is 1. The Kier molecular flexibility index (Phi) is 4.87. The van der Waals surface area contributed by atoms with Crippen LogP contribution in [0.2, 0.25) is 0 Å². The molecule has 1 N–H and O–H groups in total. The van der Waals surface area contributed by atoms with Crippen LogP contribution in [0, 0.1) is 0 Å². The molecule has 0 atom stereocenters. The van der Waals surface area contributed by atoms with Gasteiger partial charge in [0, 0.05) is 5.56 Å². The largest absolute Gasteiger partial charge is 0.507 e. The number of fused-ring (bicyclic) bond motifs is 3. The van der Waals surface area contributed by atoms with E-state index in [1.54, 1.807) is 12.1 Å². The number of ether oxygens (including phenoxy) is 1. The lowest BCUT2D eigenvalue weighted by Crippen LogP contribution is -2.14. The van der Waals surface area contributed by atoms with E-state index in [2.05, 4.69) is 41.4 Å². The molecule has 1 saturated carbocycles. The van der Waals surface area contributed by atoms with Gasteiger partial charge in [-0.3, -0.25) is 0 Å². The van der Waals surface area contributed by atoms with E-state index in [1.165, 1.54) is 5.39 Å². The molecule has 0 saturated heterocycles. The van der Waals surface area contributed by atoms with Gasteiger partial charge in [0.2, 0.25) is 0 Å². The zero-order valence-corrected chi connectivity index (χ0v) is 18.1. The highest BCUT2D eigenvalue weighted by Crippen LogP contribution is 2.36. The molecule has 0 aliphatic heterocycles. The molecular weight excluding hydrogens is 410 g/mol. The first-order valence-corrected chi connectivity index (χ1v) is 11.4. The van der Waals surface area contributed by atoms with Gasteiger partial charge in [0.15, 0.2) is 11.6 Å². The lowest BCUT2D eigenvalue weighted by Gasteiger charge is -2.15. The van der Waals surface area contributed by atoms with Crippen LogP contribution in [0.5, 0.6) is 11.8 Å². The first-order chi connectivity index (χ1) is 16.3. The molecule has 1 heterocycles. The van der Waals surface area contributed by atoms with Crippen LogP contribution < -0.4 is 4.74 Å². The van der Waals surface area contributed by atoms with Crippen LogP contribution in [0.4, 0.5) is 0 Å². The molecule has 0 spiro atoms. The van der Waals surface area contributed by atoms with E-state index < -0.39 is 0 Å². The lowest BCUT2D eigenvalue weighted by atomic mass is 9.97. The fraction of sp³-hybridized carbons (Fsp3) is 0.179. The van der Waals surface area contributed by atoms with E-state index in [0.717, 1.165) is 47.4 Å². The Morgan fingerprint density at radius 2 is 1.30 bits per heavy atom. The molecule has 0 amide bonds. The van der Waals surface area contributed by atoms with E-state index in [-0.39, 0.29) is 11.9 Å². The number of phenols is 1. The highest BCUT2D eigenvalue weighted by atomic mass is 16.5. The second-order valence-corrected chi connectivity index (χ2v) is 8.50. The Bertz CT molecular complexity index is 1480. The third kappa shape index (κ3) is 3.65. The van der Waals surface area contributed by atoms with Gasteiger partial charge in [-0.2, -0.15) is 9.97 Å². The van der Waals surface area contributed by atoms with Gasteiger partial charge in [-0.1, -0.05) is 60.7 Å². The molecule has 0 radical (unpaired) electrons. The van der Waals surface area contributed by atoms with Crippen LogP contribution in [0.1, 0.15) is 25.7 Å². The predicted molar refractivity (Wildman–Crippen MR) is 130 cm³/mol. The second kappa shape index (κ2) is 8.17. The van der Waals surface area contributed by atoms with Crippen LogP contribution in [0.15, 0.2) is 78.9 Å². The average Bonchev–Trinajstić information content (AvgIpc) is 3.36. The van der Waals surface area contributed by atoms with Gasteiger partial charge >= 0.3 is 6.01 Å². The van der Waals surface area contributed by atoms with Crippen LogP contribution in [0.3, 0.4) is 0 Å². The number of aromatic nitrogens is 3. The Labute approximate surface area is 191 Å². The monoisotopic (exact) mass is 433 g/mol. The minimum absolute atomic E-state index is 0.116. The minimum Gasteiger partial charge on any atom is -0.507 e. The summed E-state index contributed by atoms with van der Waals surface area (Å²) in [4.78, 5) is 14.1. The van der Waals surface area contributed by atoms with Gasteiger partial charge in [0.25, 0.3) is 0 Å². The summed E-state index contributed by atoms with van der Waals surface area (Å²) in [5.74, 6) is 1.08. The van der Waals surface area contributed by atoms with Gasteiger partial charge in [0.05, 0.1) is 5.56 Å². The van der Waals surface area contributed by atoms with Crippen LogP contribution >= 0.6 is 0 Å². The van der Waals surface area contributed by atoms with Crippen molar-refractivity contribution in [3.8, 4) is 34.5 Å². The zero-order valence-electron chi connectivity index (χ0n) is 18.1. The average molecular weight is 434 g/mol. The quantitative estimate of drug-likeness (QED) is 0.326. The number of hydrogen-bond acceptors (Lipinski definition) is 5. The topological polar surface area (TPSA) is 68.1 Å². The maximum Gasteiger partial charge on any atom is 0.320 e. The van der Waals surface area contributed by atoms with Crippen molar-refractivity contribution < 1.29 is 9.84 Å². The maximum atomic E-state index is 10.5. The molecule has 1 aromatic heterocycles. The van der Waals surface area contributed by atoms with Crippen LogP contribution in [-0.4, -0.2) is 26.2 Å². The molecule has 6 rings (SSSR count).